The molecule has 0 saturated heterocycles. The largest absolute Gasteiger partial charge is 0.494 e. The van der Waals surface area contributed by atoms with Gasteiger partial charge in [-0.1, -0.05) is 0 Å². The fourth-order valence-electron chi connectivity index (χ4n) is 2.23. The van der Waals surface area contributed by atoms with Crippen LogP contribution in [0.5, 0.6) is 5.75 Å². The summed E-state index contributed by atoms with van der Waals surface area (Å²) in [6, 6.07) is 8.91. The molecule has 1 heterocycles. The number of hydrogen-bond donors (Lipinski definition) is 0. The van der Waals surface area contributed by atoms with Crippen LogP contribution in [0.2, 0.25) is 0 Å². The van der Waals surface area contributed by atoms with Gasteiger partial charge in [0.05, 0.1) is 31.0 Å². The van der Waals surface area contributed by atoms with Gasteiger partial charge in [0.25, 0.3) is 5.91 Å². The minimum absolute atomic E-state index is 0.0260. The lowest BCUT2D eigenvalue weighted by Gasteiger charge is -2.22. The van der Waals surface area contributed by atoms with Crippen molar-refractivity contribution in [3.8, 4) is 11.8 Å². The molecule has 8 nitrogen and oxygen atoms in total. The standard InChI is InChI=1S/C19H20N4O4/c1-3-26-16-7-5-15(6-8-16)23(10-4-9-20)18(24)13-27-19(25)17-12-21-14(2)11-22-17/h5-8,11-12H,3-4,10,13H2,1-2H3. The fraction of sp³-hybridized carbons (Fsp3) is 0.316. The van der Waals surface area contributed by atoms with Crippen LogP contribution in [0.15, 0.2) is 36.7 Å². The minimum atomic E-state index is -0.734. The summed E-state index contributed by atoms with van der Waals surface area (Å²) in [6.45, 7) is 3.88. The van der Waals surface area contributed by atoms with Crippen molar-refractivity contribution in [2.24, 2.45) is 0 Å². The van der Waals surface area contributed by atoms with Crippen molar-refractivity contribution in [1.29, 1.82) is 5.26 Å². The smallest absolute Gasteiger partial charge is 0.359 e. The van der Waals surface area contributed by atoms with Crippen molar-refractivity contribution in [3.05, 3.63) is 48.0 Å². The van der Waals surface area contributed by atoms with Crippen molar-refractivity contribution in [3.63, 3.8) is 0 Å². The van der Waals surface area contributed by atoms with Gasteiger partial charge in [-0.3, -0.25) is 9.78 Å². The molecule has 0 spiro atoms. The van der Waals surface area contributed by atoms with E-state index in [0.717, 1.165) is 0 Å². The Kier molecular flexibility index (Phi) is 7.26. The zero-order valence-corrected chi connectivity index (χ0v) is 15.2. The molecular weight excluding hydrogens is 348 g/mol. The van der Waals surface area contributed by atoms with Gasteiger partial charge in [0.2, 0.25) is 0 Å². The lowest BCUT2D eigenvalue weighted by molar-refractivity contribution is -0.121. The first-order chi connectivity index (χ1) is 13.0. The molecule has 0 N–H and O–H groups in total. The van der Waals surface area contributed by atoms with Gasteiger partial charge in [-0.2, -0.15) is 5.26 Å². The third kappa shape index (κ3) is 5.78. The van der Waals surface area contributed by atoms with Crippen LogP contribution >= 0.6 is 0 Å². The predicted octanol–water partition coefficient (Wildman–Crippen LogP) is 2.29. The summed E-state index contributed by atoms with van der Waals surface area (Å²) >= 11 is 0. The Morgan fingerprint density at radius 3 is 2.52 bits per heavy atom. The first-order valence-electron chi connectivity index (χ1n) is 8.41. The molecular formula is C19H20N4O4. The number of rotatable bonds is 8. The Balaban J connectivity index is 2.04. The molecule has 0 bridgehead atoms. The van der Waals surface area contributed by atoms with Crippen LogP contribution in [0.4, 0.5) is 5.69 Å². The summed E-state index contributed by atoms with van der Waals surface area (Å²) in [5, 5.41) is 8.84. The Hall–Kier alpha value is -3.47. The number of carbonyl (C=O) groups is 2. The van der Waals surface area contributed by atoms with Crippen LogP contribution < -0.4 is 9.64 Å². The van der Waals surface area contributed by atoms with E-state index >= 15 is 0 Å². The molecule has 1 amide bonds. The number of ether oxygens (including phenoxy) is 2. The van der Waals surface area contributed by atoms with E-state index in [4.69, 9.17) is 14.7 Å². The molecule has 2 aromatic rings. The number of anilines is 1. The fourth-order valence-corrected chi connectivity index (χ4v) is 2.23. The maximum Gasteiger partial charge on any atom is 0.359 e. The van der Waals surface area contributed by atoms with E-state index in [2.05, 4.69) is 9.97 Å². The van der Waals surface area contributed by atoms with Crippen LogP contribution in [0.1, 0.15) is 29.5 Å². The lowest BCUT2D eigenvalue weighted by Crippen LogP contribution is -2.35. The van der Waals surface area contributed by atoms with Gasteiger partial charge >= 0.3 is 5.97 Å². The third-order valence-electron chi connectivity index (χ3n) is 3.52. The number of nitriles is 1. The maximum atomic E-state index is 12.5. The number of nitrogens with zero attached hydrogens (tertiary/aromatic N) is 4. The van der Waals surface area contributed by atoms with E-state index in [1.54, 1.807) is 31.2 Å². The van der Waals surface area contributed by atoms with E-state index in [1.807, 2.05) is 13.0 Å². The van der Waals surface area contributed by atoms with E-state index in [-0.39, 0.29) is 18.7 Å². The van der Waals surface area contributed by atoms with Gasteiger partial charge in [-0.05, 0) is 38.1 Å². The number of aromatic nitrogens is 2. The van der Waals surface area contributed by atoms with Crippen LogP contribution in [-0.2, 0) is 9.53 Å². The Morgan fingerprint density at radius 2 is 1.93 bits per heavy atom. The molecule has 140 valence electrons. The zero-order chi connectivity index (χ0) is 19.6. The quantitative estimate of drug-likeness (QED) is 0.658. The molecule has 0 atom stereocenters. The first kappa shape index (κ1) is 19.8. The van der Waals surface area contributed by atoms with Crippen molar-refractivity contribution in [2.45, 2.75) is 20.3 Å². The van der Waals surface area contributed by atoms with E-state index in [9.17, 15) is 9.59 Å². The average Bonchev–Trinajstić information content (AvgIpc) is 2.68. The summed E-state index contributed by atoms with van der Waals surface area (Å²) in [6.07, 6.45) is 2.88. The molecule has 1 aromatic heterocycles. The van der Waals surface area contributed by atoms with Crippen molar-refractivity contribution >= 4 is 17.6 Å². The third-order valence-corrected chi connectivity index (χ3v) is 3.52. The van der Waals surface area contributed by atoms with Gasteiger partial charge < -0.3 is 14.4 Å². The topological polar surface area (TPSA) is 105 Å². The number of benzene rings is 1. The van der Waals surface area contributed by atoms with Gasteiger partial charge in [0.15, 0.2) is 12.3 Å². The summed E-state index contributed by atoms with van der Waals surface area (Å²) < 4.78 is 10.4. The molecule has 0 saturated carbocycles. The molecule has 0 aliphatic heterocycles. The van der Waals surface area contributed by atoms with Crippen molar-refractivity contribution in [2.75, 3.05) is 24.7 Å². The monoisotopic (exact) mass is 368 g/mol. The second-order valence-corrected chi connectivity index (χ2v) is 5.50. The molecule has 0 unspecified atom stereocenters. The molecule has 2 rings (SSSR count). The number of amides is 1. The average molecular weight is 368 g/mol. The minimum Gasteiger partial charge on any atom is -0.494 e. The molecule has 0 fully saturated rings. The first-order valence-corrected chi connectivity index (χ1v) is 8.41. The Labute approximate surface area is 157 Å². The number of aryl methyl sites for hydroxylation is 1. The normalized spacial score (nSPS) is 9.96. The zero-order valence-electron chi connectivity index (χ0n) is 15.2. The summed E-state index contributed by atoms with van der Waals surface area (Å²) in [4.78, 5) is 33.8. The SMILES string of the molecule is CCOc1ccc(N(CCC#N)C(=O)COC(=O)c2cnc(C)cn2)cc1. The summed E-state index contributed by atoms with van der Waals surface area (Å²) in [7, 11) is 0. The van der Waals surface area contributed by atoms with Crippen LogP contribution in [0.3, 0.4) is 0 Å². The van der Waals surface area contributed by atoms with Crippen molar-refractivity contribution in [1.82, 2.24) is 9.97 Å². The van der Waals surface area contributed by atoms with Gasteiger partial charge in [-0.15, -0.1) is 0 Å². The predicted molar refractivity (Wildman–Crippen MR) is 97.2 cm³/mol. The van der Waals surface area contributed by atoms with Crippen LogP contribution in [-0.4, -0.2) is 41.6 Å². The number of hydrogen-bond acceptors (Lipinski definition) is 7. The molecule has 0 radical (unpaired) electrons. The number of esters is 1. The highest BCUT2D eigenvalue weighted by molar-refractivity contribution is 5.96. The van der Waals surface area contributed by atoms with E-state index < -0.39 is 18.5 Å². The molecule has 1 aromatic carbocycles. The lowest BCUT2D eigenvalue weighted by atomic mass is 10.2. The molecule has 0 aliphatic rings. The van der Waals surface area contributed by atoms with Crippen molar-refractivity contribution < 1.29 is 19.1 Å². The highest BCUT2D eigenvalue weighted by Gasteiger charge is 2.19. The molecule has 8 heteroatoms. The second kappa shape index (κ2) is 9.87. The summed E-state index contributed by atoms with van der Waals surface area (Å²) in [5.74, 6) is -0.496. The van der Waals surface area contributed by atoms with Gasteiger partial charge in [0, 0.05) is 18.4 Å². The highest BCUT2D eigenvalue weighted by Crippen LogP contribution is 2.20. The summed E-state index contributed by atoms with van der Waals surface area (Å²) in [5.41, 5.74) is 1.28. The van der Waals surface area contributed by atoms with E-state index in [1.165, 1.54) is 17.3 Å². The highest BCUT2D eigenvalue weighted by atomic mass is 16.5. The Bertz CT molecular complexity index is 813. The Morgan fingerprint density at radius 1 is 1.19 bits per heavy atom. The maximum absolute atomic E-state index is 12.5. The molecule has 27 heavy (non-hydrogen) atoms. The second-order valence-electron chi connectivity index (χ2n) is 5.50. The van der Waals surface area contributed by atoms with Crippen LogP contribution in [0, 0.1) is 18.3 Å². The van der Waals surface area contributed by atoms with Gasteiger partial charge in [0.1, 0.15) is 5.75 Å². The van der Waals surface area contributed by atoms with E-state index in [0.29, 0.717) is 23.7 Å². The van der Waals surface area contributed by atoms with Crippen LogP contribution in [0.25, 0.3) is 0 Å². The number of carbonyl (C=O) groups excluding carboxylic acids is 2. The molecule has 0 aliphatic carbocycles. The van der Waals surface area contributed by atoms with Gasteiger partial charge in [-0.25, -0.2) is 9.78 Å².